The van der Waals surface area contributed by atoms with Gasteiger partial charge < -0.3 is 0 Å². The molecule has 5 fully saturated rings. The lowest BCUT2D eigenvalue weighted by Crippen LogP contribution is -2.59. The lowest BCUT2D eigenvalue weighted by Gasteiger charge is -2.70. The number of hydrogen-bond acceptors (Lipinski definition) is 0. The molecule has 0 aromatic carbocycles. The van der Waals surface area contributed by atoms with E-state index in [1.165, 1.54) is 12.8 Å². The van der Waals surface area contributed by atoms with E-state index in [1.807, 2.05) is 0 Å². The largest absolute Gasteiger partial charge is 0.232 e. The van der Waals surface area contributed by atoms with Gasteiger partial charge in [-0.3, -0.25) is 0 Å². The molecule has 2 heterocycles. The summed E-state index contributed by atoms with van der Waals surface area (Å²) in [4.78, 5) is 0. The molecular weight excluding hydrogens is 248 g/mol. The predicted octanol–water partition coefficient (Wildman–Crippen LogP) is 5.21. The molecule has 0 nitrogen and oxygen atoms in total. The van der Waals surface area contributed by atoms with Gasteiger partial charge in [-0.15, -0.1) is 0 Å². The normalized spacial score (nSPS) is 72.2. The highest BCUT2D eigenvalue weighted by Gasteiger charge is 2.92. The Kier molecular flexibility index (Phi) is 2.02. The summed E-state index contributed by atoms with van der Waals surface area (Å²) in [5.74, 6) is 1.10. The van der Waals surface area contributed by atoms with Crippen LogP contribution in [0.2, 0.25) is 0 Å². The maximum Gasteiger partial charge on any atom is 0.0108 e. The van der Waals surface area contributed by atoms with Crippen LogP contribution in [0, 0.1) is 22.2 Å². The molecule has 19 heavy (non-hydrogen) atoms. The summed E-state index contributed by atoms with van der Waals surface area (Å²) in [6.07, 6.45) is 8.84. The Morgan fingerprint density at radius 1 is 1.16 bits per heavy atom. The second-order valence-electron chi connectivity index (χ2n) is 9.36. The Morgan fingerprint density at radius 2 is 1.79 bits per heavy atom. The van der Waals surface area contributed by atoms with Crippen molar-refractivity contribution in [1.29, 1.82) is 0 Å². The van der Waals surface area contributed by atoms with Gasteiger partial charge in [0, 0.05) is 4.75 Å². The monoisotopic (exact) mass is 280 g/mol. The summed E-state index contributed by atoms with van der Waals surface area (Å²) in [7, 11) is -0.398. The van der Waals surface area contributed by atoms with E-state index in [-0.39, 0.29) is 0 Å². The zero-order chi connectivity index (χ0) is 14.1. The van der Waals surface area contributed by atoms with Crippen LogP contribution in [0.3, 0.4) is 0 Å². The topological polar surface area (TPSA) is 0 Å². The minimum atomic E-state index is -0.398. The van der Waals surface area contributed by atoms with Crippen molar-refractivity contribution in [2.24, 2.45) is 22.2 Å². The van der Waals surface area contributed by atoms with E-state index >= 15 is 0 Å². The van der Waals surface area contributed by atoms with Gasteiger partial charge in [0.25, 0.3) is 0 Å². The maximum absolute atomic E-state index is 2.75. The minimum Gasteiger partial charge on any atom is -0.232 e. The van der Waals surface area contributed by atoms with Crippen LogP contribution in [0.4, 0.5) is 0 Å². The van der Waals surface area contributed by atoms with E-state index in [4.69, 9.17) is 0 Å². The van der Waals surface area contributed by atoms with E-state index in [2.05, 4.69) is 47.8 Å². The van der Waals surface area contributed by atoms with Crippen LogP contribution in [0.5, 0.6) is 0 Å². The molecule has 110 valence electrons. The molecule has 0 aromatic heterocycles. The summed E-state index contributed by atoms with van der Waals surface area (Å²) in [5.41, 5.74) is 2.11. The number of rotatable bonds is 3. The van der Waals surface area contributed by atoms with Gasteiger partial charge in [0.1, 0.15) is 0 Å². The Labute approximate surface area is 121 Å². The predicted molar refractivity (Wildman–Crippen MR) is 87.1 cm³/mol. The van der Waals surface area contributed by atoms with Gasteiger partial charge in [-0.25, -0.2) is 10.0 Å². The Balaban J connectivity index is 1.83. The van der Waals surface area contributed by atoms with Gasteiger partial charge in [-0.1, -0.05) is 48.0 Å². The van der Waals surface area contributed by atoms with Gasteiger partial charge >= 0.3 is 0 Å². The van der Waals surface area contributed by atoms with Gasteiger partial charge in [-0.2, -0.15) is 0 Å². The van der Waals surface area contributed by atoms with E-state index in [1.54, 1.807) is 12.8 Å². The quantitative estimate of drug-likeness (QED) is 0.666. The molecule has 2 bridgehead atoms. The van der Waals surface area contributed by atoms with Crippen LogP contribution in [-0.4, -0.2) is 21.5 Å². The summed E-state index contributed by atoms with van der Waals surface area (Å²) >= 11 is 0. The van der Waals surface area contributed by atoms with Crippen molar-refractivity contribution in [3.63, 3.8) is 0 Å². The first-order valence-electron chi connectivity index (χ1n) is 8.40. The van der Waals surface area contributed by atoms with Gasteiger partial charge in [0.2, 0.25) is 0 Å². The Bertz CT molecular complexity index is 470. The van der Waals surface area contributed by atoms with Crippen molar-refractivity contribution in [3.05, 3.63) is 0 Å². The molecule has 2 saturated heterocycles. The average Bonchev–Trinajstić information content (AvgIpc) is 3.09. The van der Waals surface area contributed by atoms with Crippen LogP contribution in [0.15, 0.2) is 0 Å². The van der Waals surface area contributed by atoms with Crippen molar-refractivity contribution >= 4 is 10.0 Å². The second-order valence-corrected chi connectivity index (χ2v) is 13.7. The smallest absolute Gasteiger partial charge is 0.0108 e. The standard InChI is InChI=1S/C18H32S/c1-8-15(4)11-17(15,6)18-10-14(16(5)9-13(16)18)19(18,7)12(2)3/h12-14H,8-11H2,1-7H3. The highest BCUT2D eigenvalue weighted by atomic mass is 32.3. The van der Waals surface area contributed by atoms with Gasteiger partial charge in [0.15, 0.2) is 0 Å². The van der Waals surface area contributed by atoms with E-state index in [0.29, 0.717) is 10.8 Å². The summed E-state index contributed by atoms with van der Waals surface area (Å²) in [5, 5.41) is 2.05. The first-order chi connectivity index (χ1) is 8.64. The summed E-state index contributed by atoms with van der Waals surface area (Å²) in [6.45, 7) is 15.4. The zero-order valence-corrected chi connectivity index (χ0v) is 14.8. The Morgan fingerprint density at radius 3 is 2.21 bits per heavy atom. The summed E-state index contributed by atoms with van der Waals surface area (Å²) in [6, 6.07) is 0. The lowest BCUT2D eigenvalue weighted by atomic mass is 9.77. The van der Waals surface area contributed by atoms with E-state index in [0.717, 1.165) is 26.6 Å². The molecule has 7 unspecified atom stereocenters. The van der Waals surface area contributed by atoms with Crippen LogP contribution >= 0.6 is 10.0 Å². The Hall–Kier alpha value is 0.350. The third-order valence-electron chi connectivity index (χ3n) is 9.09. The molecule has 0 aromatic rings. The molecule has 5 rings (SSSR count). The average molecular weight is 281 g/mol. The minimum absolute atomic E-state index is 0.398. The fourth-order valence-electron chi connectivity index (χ4n) is 7.21. The zero-order valence-electron chi connectivity index (χ0n) is 14.0. The van der Waals surface area contributed by atoms with Crippen LogP contribution in [-0.2, 0) is 0 Å². The highest BCUT2D eigenvalue weighted by Crippen LogP contribution is 3.02. The van der Waals surface area contributed by atoms with Crippen molar-refractivity contribution in [1.82, 2.24) is 0 Å². The first-order valence-corrected chi connectivity index (χ1v) is 10.6. The van der Waals surface area contributed by atoms with Crippen molar-refractivity contribution in [2.45, 2.75) is 82.5 Å². The second kappa shape index (κ2) is 2.94. The van der Waals surface area contributed by atoms with Crippen molar-refractivity contribution in [3.8, 4) is 0 Å². The SMILES string of the molecule is CCC1(C)CC1(C)C12CC(C3(C)CC31)S2(C)C(C)C. The van der Waals surface area contributed by atoms with Gasteiger partial charge in [-0.05, 0) is 58.2 Å². The third kappa shape index (κ3) is 0.937. The molecular formula is C18H32S. The molecule has 7 atom stereocenters. The molecule has 0 amide bonds. The molecule has 5 aliphatic rings. The van der Waals surface area contributed by atoms with Crippen LogP contribution in [0.1, 0.15) is 67.2 Å². The molecule has 3 saturated carbocycles. The summed E-state index contributed by atoms with van der Waals surface area (Å²) < 4.78 is 0.776. The van der Waals surface area contributed by atoms with E-state index < -0.39 is 10.0 Å². The molecule has 0 spiro atoms. The molecule has 2 aliphatic heterocycles. The van der Waals surface area contributed by atoms with Crippen LogP contribution < -0.4 is 0 Å². The van der Waals surface area contributed by atoms with Crippen molar-refractivity contribution in [2.75, 3.05) is 6.26 Å². The molecule has 3 aliphatic carbocycles. The van der Waals surface area contributed by atoms with Crippen LogP contribution in [0.25, 0.3) is 0 Å². The molecule has 1 heteroatoms. The fourth-order valence-corrected chi connectivity index (χ4v) is 13.7. The van der Waals surface area contributed by atoms with Gasteiger partial charge in [0.05, 0.1) is 0 Å². The fraction of sp³-hybridized carbons (Fsp3) is 1.00. The maximum atomic E-state index is 2.75. The van der Waals surface area contributed by atoms with E-state index in [9.17, 15) is 0 Å². The lowest BCUT2D eigenvalue weighted by molar-refractivity contribution is 0.245. The first kappa shape index (κ1) is 13.0. The highest BCUT2D eigenvalue weighted by molar-refractivity contribution is 8.36. The van der Waals surface area contributed by atoms with Crippen molar-refractivity contribution < 1.29 is 0 Å². The third-order valence-corrected chi connectivity index (χ3v) is 15.4. The molecule has 0 radical (unpaired) electrons. The number of hydrogen-bond donors (Lipinski definition) is 0. The molecule has 0 N–H and O–H groups in total.